The van der Waals surface area contributed by atoms with Gasteiger partial charge in [-0.2, -0.15) is 0 Å². The second kappa shape index (κ2) is 7.15. The molecule has 0 radical (unpaired) electrons. The zero-order chi connectivity index (χ0) is 20.9. The molecule has 1 atom stereocenters. The first kappa shape index (κ1) is 19.4. The molecule has 0 bridgehead atoms. The molecule has 0 aliphatic carbocycles. The number of aromatic nitrogens is 2. The number of rotatable bonds is 4. The Morgan fingerprint density at radius 1 is 1.24 bits per heavy atom. The Kier molecular flexibility index (Phi) is 4.78. The van der Waals surface area contributed by atoms with Gasteiger partial charge in [0.25, 0.3) is 5.56 Å². The van der Waals surface area contributed by atoms with Crippen molar-refractivity contribution in [1.29, 1.82) is 0 Å². The van der Waals surface area contributed by atoms with Crippen LogP contribution in [-0.2, 0) is 16.0 Å². The summed E-state index contributed by atoms with van der Waals surface area (Å²) in [5.74, 6) is -0.0552. The van der Waals surface area contributed by atoms with Crippen molar-refractivity contribution in [2.24, 2.45) is 0 Å². The molecule has 0 fully saturated rings. The minimum atomic E-state index is -0.663. The topological polar surface area (TPSA) is 85.2 Å². The SMILES string of the molecule is Cc1ccc2c(CC(=O)O[C@@H](C)c3nc4sc(C)c(C)c4c(=O)[nH]3)coc2c1C. The van der Waals surface area contributed by atoms with Crippen molar-refractivity contribution in [3.8, 4) is 0 Å². The Hall–Kier alpha value is -2.93. The van der Waals surface area contributed by atoms with E-state index in [1.165, 1.54) is 11.3 Å². The molecule has 0 saturated heterocycles. The van der Waals surface area contributed by atoms with E-state index >= 15 is 0 Å². The van der Waals surface area contributed by atoms with Crippen LogP contribution in [0.4, 0.5) is 0 Å². The van der Waals surface area contributed by atoms with Gasteiger partial charge in [0.1, 0.15) is 10.4 Å². The molecule has 0 aliphatic heterocycles. The standard InChI is InChI=1S/C22H22N2O4S/c1-10-6-7-16-15(9-27-19(16)11(10)2)8-17(25)28-13(4)20-23-21(26)18-12(3)14(5)29-22(18)24-20/h6-7,9,13H,8H2,1-5H3,(H,23,24,26)/t13-/m0/s1. The molecular formula is C22H22N2O4S. The van der Waals surface area contributed by atoms with Crippen LogP contribution >= 0.6 is 11.3 Å². The number of hydrogen-bond donors (Lipinski definition) is 1. The van der Waals surface area contributed by atoms with E-state index < -0.39 is 12.1 Å². The van der Waals surface area contributed by atoms with Crippen LogP contribution in [0.5, 0.6) is 0 Å². The highest BCUT2D eigenvalue weighted by molar-refractivity contribution is 7.18. The van der Waals surface area contributed by atoms with Crippen molar-refractivity contribution in [3.63, 3.8) is 0 Å². The summed E-state index contributed by atoms with van der Waals surface area (Å²) in [6.07, 6.45) is 1.03. The van der Waals surface area contributed by atoms with Crippen LogP contribution in [0.25, 0.3) is 21.2 Å². The molecule has 4 aromatic rings. The maximum atomic E-state index is 12.5. The normalized spacial score (nSPS) is 12.6. The van der Waals surface area contributed by atoms with Gasteiger partial charge in [0.15, 0.2) is 11.9 Å². The molecule has 29 heavy (non-hydrogen) atoms. The lowest BCUT2D eigenvalue weighted by Gasteiger charge is -2.12. The summed E-state index contributed by atoms with van der Waals surface area (Å²) in [5.41, 5.74) is 4.50. The number of furan rings is 1. The van der Waals surface area contributed by atoms with Gasteiger partial charge in [-0.05, 0) is 51.3 Å². The summed E-state index contributed by atoms with van der Waals surface area (Å²) in [6, 6.07) is 3.97. The van der Waals surface area contributed by atoms with Crippen molar-refractivity contribution < 1.29 is 13.9 Å². The van der Waals surface area contributed by atoms with Crippen molar-refractivity contribution in [1.82, 2.24) is 9.97 Å². The van der Waals surface area contributed by atoms with Gasteiger partial charge >= 0.3 is 5.97 Å². The predicted molar refractivity (Wildman–Crippen MR) is 114 cm³/mol. The van der Waals surface area contributed by atoms with Gasteiger partial charge in [-0.3, -0.25) is 9.59 Å². The van der Waals surface area contributed by atoms with E-state index in [1.54, 1.807) is 13.2 Å². The number of aromatic amines is 1. The maximum Gasteiger partial charge on any atom is 0.311 e. The highest BCUT2D eigenvalue weighted by atomic mass is 32.1. The largest absolute Gasteiger partial charge is 0.464 e. The molecule has 0 aliphatic rings. The molecule has 0 saturated carbocycles. The Balaban J connectivity index is 1.55. The van der Waals surface area contributed by atoms with Crippen molar-refractivity contribution in [2.75, 3.05) is 0 Å². The number of H-pyrrole nitrogens is 1. The minimum absolute atomic E-state index is 0.0868. The summed E-state index contributed by atoms with van der Waals surface area (Å²) in [5, 5.41) is 1.51. The first-order valence-corrected chi connectivity index (χ1v) is 10.2. The van der Waals surface area contributed by atoms with Crippen LogP contribution in [0, 0.1) is 27.7 Å². The van der Waals surface area contributed by atoms with E-state index in [-0.39, 0.29) is 12.0 Å². The third kappa shape index (κ3) is 3.35. The van der Waals surface area contributed by atoms with Crippen LogP contribution in [0.3, 0.4) is 0 Å². The van der Waals surface area contributed by atoms with E-state index in [9.17, 15) is 9.59 Å². The van der Waals surface area contributed by atoms with Crippen LogP contribution < -0.4 is 5.56 Å². The lowest BCUT2D eigenvalue weighted by molar-refractivity contribution is -0.148. The van der Waals surface area contributed by atoms with Gasteiger partial charge < -0.3 is 14.1 Å². The molecule has 150 valence electrons. The number of thiophene rings is 1. The molecule has 4 rings (SSSR count). The number of esters is 1. The Morgan fingerprint density at radius 2 is 2.00 bits per heavy atom. The maximum absolute atomic E-state index is 12.5. The van der Waals surface area contributed by atoms with Crippen LogP contribution in [0.15, 0.2) is 27.6 Å². The molecule has 0 unspecified atom stereocenters. The number of carbonyl (C=O) groups excluding carboxylic acids is 1. The van der Waals surface area contributed by atoms with E-state index in [0.717, 1.165) is 38.1 Å². The van der Waals surface area contributed by atoms with Gasteiger partial charge in [0.05, 0.1) is 18.1 Å². The third-order valence-electron chi connectivity index (χ3n) is 5.43. The van der Waals surface area contributed by atoms with Gasteiger partial charge in [-0.25, -0.2) is 4.98 Å². The van der Waals surface area contributed by atoms with Gasteiger partial charge in [-0.1, -0.05) is 12.1 Å². The molecule has 7 heteroatoms. The van der Waals surface area contributed by atoms with Crippen LogP contribution in [0.2, 0.25) is 0 Å². The average Bonchev–Trinajstić information content (AvgIpc) is 3.19. The van der Waals surface area contributed by atoms with E-state index in [4.69, 9.17) is 9.15 Å². The molecule has 3 aromatic heterocycles. The summed E-state index contributed by atoms with van der Waals surface area (Å²) < 4.78 is 11.2. The summed E-state index contributed by atoms with van der Waals surface area (Å²) in [6.45, 7) is 9.59. The van der Waals surface area contributed by atoms with Gasteiger partial charge in [0.2, 0.25) is 0 Å². The third-order valence-corrected chi connectivity index (χ3v) is 6.53. The second-order valence-corrected chi connectivity index (χ2v) is 8.57. The molecule has 3 heterocycles. The number of aryl methyl sites for hydroxylation is 4. The van der Waals surface area contributed by atoms with Crippen LogP contribution in [0.1, 0.15) is 46.0 Å². The fraction of sp³-hybridized carbons (Fsp3) is 0.318. The Morgan fingerprint density at radius 3 is 2.76 bits per heavy atom. The highest BCUT2D eigenvalue weighted by Gasteiger charge is 2.20. The molecular weight excluding hydrogens is 388 g/mol. The minimum Gasteiger partial charge on any atom is -0.464 e. The number of carbonyl (C=O) groups is 1. The number of nitrogens with one attached hydrogen (secondary N) is 1. The number of ether oxygens (including phenoxy) is 1. The lowest BCUT2D eigenvalue weighted by Crippen LogP contribution is -2.18. The summed E-state index contributed by atoms with van der Waals surface area (Å²) >= 11 is 1.47. The first-order valence-electron chi connectivity index (χ1n) is 9.42. The molecule has 0 spiro atoms. The number of benzene rings is 1. The fourth-order valence-electron chi connectivity index (χ4n) is 3.44. The Labute approximate surface area is 171 Å². The average molecular weight is 410 g/mol. The van der Waals surface area contributed by atoms with E-state index in [0.29, 0.717) is 16.0 Å². The summed E-state index contributed by atoms with van der Waals surface area (Å²) in [4.78, 5) is 33.9. The monoisotopic (exact) mass is 410 g/mol. The Bertz CT molecular complexity index is 1310. The van der Waals surface area contributed by atoms with E-state index in [2.05, 4.69) is 9.97 Å². The molecule has 0 amide bonds. The van der Waals surface area contributed by atoms with Gasteiger partial charge in [-0.15, -0.1) is 11.3 Å². The van der Waals surface area contributed by atoms with Crippen molar-refractivity contribution in [3.05, 3.63) is 61.7 Å². The van der Waals surface area contributed by atoms with E-state index in [1.807, 2.05) is 39.8 Å². The highest BCUT2D eigenvalue weighted by Crippen LogP contribution is 2.28. The summed E-state index contributed by atoms with van der Waals surface area (Å²) in [7, 11) is 0. The first-order chi connectivity index (χ1) is 13.8. The molecule has 1 N–H and O–H groups in total. The van der Waals surface area contributed by atoms with Crippen LogP contribution in [-0.4, -0.2) is 15.9 Å². The quantitative estimate of drug-likeness (QED) is 0.488. The molecule has 1 aromatic carbocycles. The fourth-order valence-corrected chi connectivity index (χ4v) is 4.48. The number of hydrogen-bond acceptors (Lipinski definition) is 6. The number of fused-ring (bicyclic) bond motifs is 2. The van der Waals surface area contributed by atoms with Crippen molar-refractivity contribution >= 4 is 38.5 Å². The van der Waals surface area contributed by atoms with Crippen molar-refractivity contribution in [2.45, 2.75) is 47.1 Å². The second-order valence-electron chi connectivity index (χ2n) is 7.37. The number of nitrogens with zero attached hydrogens (tertiary/aromatic N) is 1. The zero-order valence-electron chi connectivity index (χ0n) is 17.0. The van der Waals surface area contributed by atoms with Gasteiger partial charge in [0, 0.05) is 15.8 Å². The zero-order valence-corrected chi connectivity index (χ0v) is 17.8. The molecule has 6 nitrogen and oxygen atoms in total. The smallest absolute Gasteiger partial charge is 0.311 e. The predicted octanol–water partition coefficient (Wildman–Crippen LogP) is 4.81. The lowest BCUT2D eigenvalue weighted by atomic mass is 10.0.